The molecule has 0 aromatic heterocycles. The van der Waals surface area contributed by atoms with E-state index in [0.29, 0.717) is 6.04 Å². The molecule has 1 nitrogen and oxygen atoms in total. The molecule has 0 unspecified atom stereocenters. The fourth-order valence-electron chi connectivity index (χ4n) is 3.80. The smallest absolute Gasteiger partial charge is 0.0499 e. The maximum atomic E-state index is 4.97. The lowest BCUT2D eigenvalue weighted by Gasteiger charge is -2.22. The Kier molecular flexibility index (Phi) is 6.12. The van der Waals surface area contributed by atoms with E-state index in [9.17, 15) is 0 Å². The third-order valence-corrected chi connectivity index (χ3v) is 7.72. The molecule has 1 fully saturated rings. The first-order valence-corrected chi connectivity index (χ1v) is 11.3. The summed E-state index contributed by atoms with van der Waals surface area (Å²) in [7, 11) is -0.587. The molecule has 27 heavy (non-hydrogen) atoms. The van der Waals surface area contributed by atoms with Crippen molar-refractivity contribution < 1.29 is 0 Å². The van der Waals surface area contributed by atoms with Crippen molar-refractivity contribution in [1.29, 1.82) is 0 Å². The van der Waals surface area contributed by atoms with Gasteiger partial charge in [-0.25, -0.2) is 0 Å². The van der Waals surface area contributed by atoms with Crippen LogP contribution in [0.1, 0.15) is 37.7 Å². The van der Waals surface area contributed by atoms with Gasteiger partial charge in [-0.2, -0.15) is 0 Å². The molecule has 1 saturated carbocycles. The Morgan fingerprint density at radius 3 is 1.85 bits per heavy atom. The fraction of sp³-hybridized carbons (Fsp3) is 0.240. The lowest BCUT2D eigenvalue weighted by Crippen LogP contribution is -2.23. The Morgan fingerprint density at radius 2 is 1.22 bits per heavy atom. The van der Waals surface area contributed by atoms with Crippen LogP contribution in [0.15, 0.2) is 89.9 Å². The summed E-state index contributed by atoms with van der Waals surface area (Å²) in [6.07, 6.45) is 8.65. The van der Waals surface area contributed by atoms with E-state index in [1.54, 1.807) is 0 Å². The lowest BCUT2D eigenvalue weighted by atomic mass is 9.96. The highest BCUT2D eigenvalue weighted by Gasteiger charge is 2.19. The van der Waals surface area contributed by atoms with Gasteiger partial charge in [0.25, 0.3) is 0 Å². The average Bonchev–Trinajstić information content (AvgIpc) is 2.76. The van der Waals surface area contributed by atoms with Gasteiger partial charge in [-0.1, -0.05) is 104 Å². The van der Waals surface area contributed by atoms with Gasteiger partial charge in [0.15, 0.2) is 0 Å². The van der Waals surface area contributed by atoms with Gasteiger partial charge in [0.2, 0.25) is 0 Å². The van der Waals surface area contributed by atoms with Gasteiger partial charge < -0.3 is 0 Å². The molecule has 0 saturated heterocycles. The molecule has 0 spiro atoms. The highest BCUT2D eigenvalue weighted by Crippen LogP contribution is 2.33. The zero-order chi connectivity index (χ0) is 18.3. The summed E-state index contributed by atoms with van der Waals surface area (Å²) >= 11 is 0. The van der Waals surface area contributed by atoms with Crippen LogP contribution in [0, 0.1) is 0 Å². The molecule has 3 aromatic rings. The predicted octanol–water partition coefficient (Wildman–Crippen LogP) is 5.20. The Morgan fingerprint density at radius 1 is 0.667 bits per heavy atom. The SMILES string of the molecule is C(=N\C1CCCCC1)/c1ccccc1P(c1ccccc1)c1ccccc1. The van der Waals surface area contributed by atoms with Crippen LogP contribution in [0.25, 0.3) is 0 Å². The highest BCUT2D eigenvalue weighted by atomic mass is 31.1. The molecule has 0 atom stereocenters. The Balaban J connectivity index is 1.73. The van der Waals surface area contributed by atoms with E-state index in [2.05, 4.69) is 91.1 Å². The zero-order valence-electron chi connectivity index (χ0n) is 15.7. The molecule has 1 aliphatic rings. The average molecular weight is 371 g/mol. The Labute approximate surface area is 163 Å². The van der Waals surface area contributed by atoms with E-state index in [0.717, 1.165) is 0 Å². The summed E-state index contributed by atoms with van der Waals surface area (Å²) in [4.78, 5) is 4.97. The van der Waals surface area contributed by atoms with Gasteiger partial charge in [0, 0.05) is 17.8 Å². The van der Waals surface area contributed by atoms with E-state index < -0.39 is 7.92 Å². The first-order valence-electron chi connectivity index (χ1n) is 9.94. The molecular weight excluding hydrogens is 345 g/mol. The van der Waals surface area contributed by atoms with Crippen molar-refractivity contribution in [1.82, 2.24) is 0 Å². The minimum Gasteiger partial charge on any atom is -0.289 e. The van der Waals surface area contributed by atoms with Crippen molar-refractivity contribution >= 4 is 30.0 Å². The number of nitrogens with zero attached hydrogens (tertiary/aromatic N) is 1. The minimum absolute atomic E-state index is 0.506. The van der Waals surface area contributed by atoms with E-state index in [1.807, 2.05) is 0 Å². The molecule has 0 amide bonds. The Hall–Kier alpha value is -2.24. The van der Waals surface area contributed by atoms with E-state index in [-0.39, 0.29) is 0 Å². The van der Waals surface area contributed by atoms with Gasteiger partial charge in [0.1, 0.15) is 0 Å². The minimum atomic E-state index is -0.587. The maximum Gasteiger partial charge on any atom is 0.0499 e. The first-order chi connectivity index (χ1) is 13.4. The first kappa shape index (κ1) is 18.1. The van der Waals surface area contributed by atoms with Crippen LogP contribution in [0.5, 0.6) is 0 Å². The summed E-state index contributed by atoms with van der Waals surface area (Å²) in [5, 5.41) is 4.17. The van der Waals surface area contributed by atoms with Crippen LogP contribution in [0.3, 0.4) is 0 Å². The van der Waals surface area contributed by atoms with Crippen LogP contribution >= 0.6 is 7.92 Å². The molecule has 136 valence electrons. The molecule has 0 bridgehead atoms. The number of hydrogen-bond acceptors (Lipinski definition) is 1. The third kappa shape index (κ3) is 4.54. The highest BCUT2D eigenvalue weighted by molar-refractivity contribution is 7.80. The number of aliphatic imine (C=N–C) groups is 1. The van der Waals surface area contributed by atoms with Crippen LogP contribution < -0.4 is 15.9 Å². The van der Waals surface area contributed by atoms with Crippen LogP contribution in [-0.4, -0.2) is 12.3 Å². The molecular formula is C25H26NP. The lowest BCUT2D eigenvalue weighted by molar-refractivity contribution is 0.444. The van der Waals surface area contributed by atoms with Crippen LogP contribution in [0.4, 0.5) is 0 Å². The summed E-state index contributed by atoms with van der Waals surface area (Å²) in [6, 6.07) is 31.1. The Bertz CT molecular complexity index is 828. The second-order valence-electron chi connectivity index (χ2n) is 7.14. The maximum absolute atomic E-state index is 4.97. The molecule has 4 rings (SSSR count). The topological polar surface area (TPSA) is 12.4 Å². The monoisotopic (exact) mass is 371 g/mol. The molecule has 2 heteroatoms. The van der Waals surface area contributed by atoms with Crippen molar-refractivity contribution in [2.24, 2.45) is 4.99 Å². The van der Waals surface area contributed by atoms with Gasteiger partial charge in [-0.15, -0.1) is 0 Å². The number of hydrogen-bond donors (Lipinski definition) is 0. The molecule has 0 radical (unpaired) electrons. The quantitative estimate of drug-likeness (QED) is 0.432. The van der Waals surface area contributed by atoms with E-state index in [1.165, 1.54) is 53.6 Å². The third-order valence-electron chi connectivity index (χ3n) is 5.21. The molecule has 3 aromatic carbocycles. The summed E-state index contributed by atoms with van der Waals surface area (Å²) in [5.74, 6) is 0. The van der Waals surface area contributed by atoms with Crippen LogP contribution in [-0.2, 0) is 0 Å². The van der Waals surface area contributed by atoms with Gasteiger partial charge in [-0.3, -0.25) is 4.99 Å². The number of rotatable bonds is 5. The molecule has 1 aliphatic carbocycles. The fourth-order valence-corrected chi connectivity index (χ4v) is 6.22. The van der Waals surface area contributed by atoms with Gasteiger partial charge in [0.05, 0.1) is 0 Å². The summed E-state index contributed by atoms with van der Waals surface area (Å²) in [6.45, 7) is 0. The molecule has 0 heterocycles. The second-order valence-corrected chi connectivity index (χ2v) is 9.32. The second kappa shape index (κ2) is 9.11. The number of benzene rings is 3. The summed E-state index contributed by atoms with van der Waals surface area (Å²) < 4.78 is 0. The van der Waals surface area contributed by atoms with Gasteiger partial charge >= 0.3 is 0 Å². The van der Waals surface area contributed by atoms with Crippen molar-refractivity contribution in [2.75, 3.05) is 0 Å². The predicted molar refractivity (Wildman–Crippen MR) is 120 cm³/mol. The largest absolute Gasteiger partial charge is 0.289 e. The van der Waals surface area contributed by atoms with E-state index in [4.69, 9.17) is 4.99 Å². The normalized spacial score (nSPS) is 15.4. The molecule has 0 aliphatic heterocycles. The van der Waals surface area contributed by atoms with Crippen molar-refractivity contribution in [3.8, 4) is 0 Å². The van der Waals surface area contributed by atoms with E-state index >= 15 is 0 Å². The molecule has 0 N–H and O–H groups in total. The van der Waals surface area contributed by atoms with Crippen molar-refractivity contribution in [2.45, 2.75) is 38.1 Å². The standard InChI is InChI=1S/C25H26NP/c1-4-13-22(14-5-1)26-20-21-12-10-11-19-25(21)27(23-15-6-2-7-16-23)24-17-8-3-9-18-24/h2-3,6-12,15-20,22H,1,4-5,13-14H2/b26-20+. The van der Waals surface area contributed by atoms with Crippen LogP contribution in [0.2, 0.25) is 0 Å². The zero-order valence-corrected chi connectivity index (χ0v) is 16.6. The summed E-state index contributed by atoms with van der Waals surface area (Å²) in [5.41, 5.74) is 1.27. The van der Waals surface area contributed by atoms with Gasteiger partial charge in [-0.05, 0) is 36.7 Å². The van der Waals surface area contributed by atoms with Crippen molar-refractivity contribution in [3.05, 3.63) is 90.5 Å². The van der Waals surface area contributed by atoms with Crippen molar-refractivity contribution in [3.63, 3.8) is 0 Å².